The lowest BCUT2D eigenvalue weighted by Crippen LogP contribution is -2.25. The van der Waals surface area contributed by atoms with Crippen LogP contribution in [0.25, 0.3) is 0 Å². The van der Waals surface area contributed by atoms with Crippen LogP contribution in [-0.2, 0) is 17.6 Å². The molecule has 0 bridgehead atoms. The zero-order chi connectivity index (χ0) is 17.5. The van der Waals surface area contributed by atoms with Crippen molar-refractivity contribution in [2.75, 3.05) is 13.1 Å². The van der Waals surface area contributed by atoms with Gasteiger partial charge in [0, 0.05) is 12.1 Å². The first-order valence-corrected chi connectivity index (χ1v) is 9.24. The highest BCUT2D eigenvalue weighted by Gasteiger charge is 2.26. The molecule has 1 amide bonds. The van der Waals surface area contributed by atoms with E-state index in [1.807, 2.05) is 6.07 Å². The van der Waals surface area contributed by atoms with E-state index >= 15 is 0 Å². The molecule has 1 saturated heterocycles. The maximum Gasteiger partial charge on any atom is 0.217 e. The Morgan fingerprint density at radius 3 is 2.76 bits per heavy atom. The molecule has 1 aromatic carbocycles. The molecule has 2 heterocycles. The van der Waals surface area contributed by atoms with E-state index in [2.05, 4.69) is 47.4 Å². The fourth-order valence-electron chi connectivity index (χ4n) is 3.63. The molecule has 1 aromatic heterocycles. The summed E-state index contributed by atoms with van der Waals surface area (Å²) in [5.74, 6) is -0.268. The number of hydrogen-bond acceptors (Lipinski definition) is 3. The van der Waals surface area contributed by atoms with Gasteiger partial charge in [0.15, 0.2) is 0 Å². The molecule has 1 atom stereocenters. The largest absolute Gasteiger partial charge is 0.370 e. The number of primary amides is 1. The molecule has 1 unspecified atom stereocenters. The zero-order valence-corrected chi connectivity index (χ0v) is 14.7. The van der Waals surface area contributed by atoms with Gasteiger partial charge in [-0.1, -0.05) is 36.4 Å². The van der Waals surface area contributed by atoms with Crippen LogP contribution in [0.2, 0.25) is 0 Å². The van der Waals surface area contributed by atoms with Crippen molar-refractivity contribution < 1.29 is 4.79 Å². The van der Waals surface area contributed by atoms with Crippen molar-refractivity contribution in [3.05, 3.63) is 65.5 Å². The summed E-state index contributed by atoms with van der Waals surface area (Å²) < 4.78 is 0. The number of pyridine rings is 1. The van der Waals surface area contributed by atoms with Crippen LogP contribution in [0.1, 0.15) is 48.7 Å². The lowest BCUT2D eigenvalue weighted by molar-refractivity contribution is -0.118. The molecule has 0 radical (unpaired) electrons. The van der Waals surface area contributed by atoms with Crippen LogP contribution in [0.3, 0.4) is 0 Å². The predicted molar refractivity (Wildman–Crippen MR) is 100 cm³/mol. The molecular weight excluding hydrogens is 310 g/mol. The summed E-state index contributed by atoms with van der Waals surface area (Å²) in [7, 11) is 0. The van der Waals surface area contributed by atoms with Crippen LogP contribution in [0.15, 0.2) is 48.5 Å². The van der Waals surface area contributed by atoms with Gasteiger partial charge in [0.25, 0.3) is 0 Å². The SMILES string of the molecule is NC(=O)CCc1cccc(C2CCCN2CCCc2ccccc2)n1. The number of nitrogens with zero attached hydrogens (tertiary/aromatic N) is 2. The summed E-state index contributed by atoms with van der Waals surface area (Å²) in [5.41, 5.74) is 8.76. The van der Waals surface area contributed by atoms with Gasteiger partial charge < -0.3 is 5.73 Å². The van der Waals surface area contributed by atoms with E-state index in [-0.39, 0.29) is 5.91 Å². The fraction of sp³-hybridized carbons (Fsp3) is 0.429. The third kappa shape index (κ3) is 5.13. The number of carbonyl (C=O) groups is 1. The minimum absolute atomic E-state index is 0.268. The van der Waals surface area contributed by atoms with Crippen LogP contribution >= 0.6 is 0 Å². The Morgan fingerprint density at radius 2 is 1.96 bits per heavy atom. The highest BCUT2D eigenvalue weighted by molar-refractivity contribution is 5.73. The monoisotopic (exact) mass is 337 g/mol. The number of amides is 1. The Kier molecular flexibility index (Phi) is 6.18. The predicted octanol–water partition coefficient (Wildman–Crippen LogP) is 3.27. The Bertz CT molecular complexity index is 687. The van der Waals surface area contributed by atoms with Gasteiger partial charge in [-0.2, -0.15) is 0 Å². The second kappa shape index (κ2) is 8.77. The van der Waals surface area contributed by atoms with Crippen LogP contribution in [0, 0.1) is 0 Å². The highest BCUT2D eigenvalue weighted by Crippen LogP contribution is 2.31. The number of aromatic nitrogens is 1. The Morgan fingerprint density at radius 1 is 1.12 bits per heavy atom. The molecule has 2 aromatic rings. The molecule has 4 nitrogen and oxygen atoms in total. The number of likely N-dealkylation sites (tertiary alicyclic amines) is 1. The minimum Gasteiger partial charge on any atom is -0.370 e. The van der Waals surface area contributed by atoms with Crippen molar-refractivity contribution in [2.45, 2.75) is 44.6 Å². The summed E-state index contributed by atoms with van der Waals surface area (Å²) in [6, 6.07) is 17.2. The van der Waals surface area contributed by atoms with E-state index in [4.69, 9.17) is 10.7 Å². The molecular formula is C21H27N3O. The molecule has 1 fully saturated rings. The topological polar surface area (TPSA) is 59.2 Å². The van der Waals surface area contributed by atoms with Crippen molar-refractivity contribution in [3.63, 3.8) is 0 Å². The first-order chi connectivity index (χ1) is 12.2. The second-order valence-electron chi connectivity index (χ2n) is 6.80. The third-order valence-corrected chi connectivity index (χ3v) is 4.91. The average molecular weight is 337 g/mol. The summed E-state index contributed by atoms with van der Waals surface area (Å²) in [6.45, 7) is 2.25. The number of rotatable bonds is 8. The van der Waals surface area contributed by atoms with Crippen LogP contribution in [0.4, 0.5) is 0 Å². The minimum atomic E-state index is -0.268. The maximum atomic E-state index is 11.0. The van der Waals surface area contributed by atoms with E-state index in [0.717, 1.165) is 37.3 Å². The van der Waals surface area contributed by atoms with Gasteiger partial charge in [-0.25, -0.2) is 0 Å². The second-order valence-corrected chi connectivity index (χ2v) is 6.80. The molecule has 1 aliphatic heterocycles. The number of carbonyl (C=O) groups excluding carboxylic acids is 1. The Balaban J connectivity index is 1.57. The van der Waals surface area contributed by atoms with Crippen molar-refractivity contribution in [2.24, 2.45) is 5.73 Å². The van der Waals surface area contributed by atoms with Crippen LogP contribution in [0.5, 0.6) is 0 Å². The normalized spacial score (nSPS) is 17.7. The first kappa shape index (κ1) is 17.6. The summed E-state index contributed by atoms with van der Waals surface area (Å²) >= 11 is 0. The lowest BCUT2D eigenvalue weighted by Gasteiger charge is -2.24. The zero-order valence-electron chi connectivity index (χ0n) is 14.7. The number of hydrogen-bond donors (Lipinski definition) is 1. The highest BCUT2D eigenvalue weighted by atomic mass is 16.1. The smallest absolute Gasteiger partial charge is 0.217 e. The molecule has 0 spiro atoms. The molecule has 2 N–H and O–H groups in total. The molecule has 0 saturated carbocycles. The van der Waals surface area contributed by atoms with Crippen molar-refractivity contribution in [3.8, 4) is 0 Å². The van der Waals surface area contributed by atoms with Gasteiger partial charge in [0.05, 0.1) is 11.7 Å². The van der Waals surface area contributed by atoms with Gasteiger partial charge in [-0.05, 0) is 62.9 Å². The third-order valence-electron chi connectivity index (χ3n) is 4.91. The van der Waals surface area contributed by atoms with Gasteiger partial charge in [-0.15, -0.1) is 0 Å². The van der Waals surface area contributed by atoms with Gasteiger partial charge in [0.1, 0.15) is 0 Å². The average Bonchev–Trinajstić information content (AvgIpc) is 3.10. The van der Waals surface area contributed by atoms with E-state index < -0.39 is 0 Å². The van der Waals surface area contributed by atoms with Crippen molar-refractivity contribution in [1.29, 1.82) is 0 Å². The molecule has 132 valence electrons. The molecule has 3 rings (SSSR count). The van der Waals surface area contributed by atoms with Crippen LogP contribution in [-0.4, -0.2) is 28.9 Å². The number of benzene rings is 1. The van der Waals surface area contributed by atoms with E-state index in [1.165, 1.54) is 18.4 Å². The Labute approximate surface area is 150 Å². The van der Waals surface area contributed by atoms with E-state index in [1.54, 1.807) is 0 Å². The maximum absolute atomic E-state index is 11.0. The number of aryl methyl sites for hydroxylation is 2. The summed E-state index contributed by atoms with van der Waals surface area (Å²) in [4.78, 5) is 18.3. The van der Waals surface area contributed by atoms with Gasteiger partial charge in [-0.3, -0.25) is 14.7 Å². The van der Waals surface area contributed by atoms with Gasteiger partial charge in [0.2, 0.25) is 5.91 Å². The number of nitrogens with two attached hydrogens (primary N) is 1. The molecule has 25 heavy (non-hydrogen) atoms. The molecule has 4 heteroatoms. The van der Waals surface area contributed by atoms with Gasteiger partial charge >= 0.3 is 0 Å². The van der Waals surface area contributed by atoms with Crippen molar-refractivity contribution in [1.82, 2.24) is 9.88 Å². The summed E-state index contributed by atoms with van der Waals surface area (Å²) in [5, 5.41) is 0. The van der Waals surface area contributed by atoms with E-state index in [0.29, 0.717) is 18.9 Å². The van der Waals surface area contributed by atoms with E-state index in [9.17, 15) is 4.79 Å². The van der Waals surface area contributed by atoms with Crippen LogP contribution < -0.4 is 5.73 Å². The van der Waals surface area contributed by atoms with Crippen molar-refractivity contribution >= 4 is 5.91 Å². The fourth-order valence-corrected chi connectivity index (χ4v) is 3.63. The summed E-state index contributed by atoms with van der Waals surface area (Å²) in [6.07, 6.45) is 5.67. The Hall–Kier alpha value is -2.20. The first-order valence-electron chi connectivity index (χ1n) is 9.24. The lowest BCUT2D eigenvalue weighted by atomic mass is 10.1. The molecule has 1 aliphatic rings. The standard InChI is InChI=1S/C21H27N3O/c22-21(25)14-13-18-10-4-11-19(23-18)20-12-6-16-24(20)15-5-9-17-7-2-1-3-8-17/h1-4,7-8,10-11,20H,5-6,9,12-16H2,(H2,22,25). The molecule has 0 aliphatic carbocycles. The quantitative estimate of drug-likeness (QED) is 0.804.